The summed E-state index contributed by atoms with van der Waals surface area (Å²) in [7, 11) is 0. The molecule has 1 aliphatic heterocycles. The van der Waals surface area contributed by atoms with Crippen molar-refractivity contribution in [2.75, 3.05) is 6.54 Å². The van der Waals surface area contributed by atoms with Gasteiger partial charge in [0.15, 0.2) is 0 Å². The quantitative estimate of drug-likeness (QED) is 0.835. The molecule has 1 unspecified atom stereocenters. The Morgan fingerprint density at radius 1 is 1.44 bits per heavy atom. The molecular weight excluding hydrogens is 310 g/mol. The Kier molecular flexibility index (Phi) is 4.74. The van der Waals surface area contributed by atoms with Gasteiger partial charge in [-0.25, -0.2) is 0 Å². The number of halogens is 2. The van der Waals surface area contributed by atoms with Gasteiger partial charge in [-0.3, -0.25) is 0 Å². The molecule has 1 saturated heterocycles. The molecule has 0 aliphatic carbocycles. The van der Waals surface area contributed by atoms with E-state index in [0.717, 1.165) is 28.4 Å². The van der Waals surface area contributed by atoms with Crippen molar-refractivity contribution >= 4 is 27.5 Å². The van der Waals surface area contributed by atoms with Crippen LogP contribution in [-0.2, 0) is 6.42 Å². The summed E-state index contributed by atoms with van der Waals surface area (Å²) < 4.78 is 0.977. The monoisotopic (exact) mass is 329 g/mol. The average Bonchev–Trinajstić information content (AvgIpc) is 2.71. The van der Waals surface area contributed by atoms with Crippen LogP contribution in [-0.4, -0.2) is 12.1 Å². The van der Waals surface area contributed by atoms with Gasteiger partial charge in [-0.05, 0) is 71.8 Å². The molecule has 0 radical (unpaired) electrons. The highest BCUT2D eigenvalue weighted by atomic mass is 79.9. The fourth-order valence-corrected chi connectivity index (χ4v) is 3.54. The molecule has 2 rings (SSSR count). The van der Waals surface area contributed by atoms with E-state index in [1.165, 1.54) is 24.8 Å². The Hall–Kier alpha value is -0.0500. The SMILES string of the molecule is CC(C)CC1(Cc2ccc(Br)c(Cl)c2)CCCN1. The second-order valence-corrected chi connectivity index (χ2v) is 7.10. The van der Waals surface area contributed by atoms with E-state index in [1.54, 1.807) is 0 Å². The Balaban J connectivity index is 2.15. The fourth-order valence-electron chi connectivity index (χ4n) is 3.09. The Bertz CT molecular complexity index is 411. The first-order valence-corrected chi connectivity index (χ1v) is 7.87. The lowest BCUT2D eigenvalue weighted by atomic mass is 9.82. The zero-order chi connectivity index (χ0) is 13.2. The maximum absolute atomic E-state index is 6.18. The maximum atomic E-state index is 6.18. The van der Waals surface area contributed by atoms with E-state index < -0.39 is 0 Å². The highest BCUT2D eigenvalue weighted by molar-refractivity contribution is 9.10. The van der Waals surface area contributed by atoms with Gasteiger partial charge < -0.3 is 5.32 Å². The van der Waals surface area contributed by atoms with Crippen molar-refractivity contribution in [1.82, 2.24) is 5.32 Å². The molecule has 3 heteroatoms. The fraction of sp³-hybridized carbons (Fsp3) is 0.600. The number of nitrogens with one attached hydrogen (secondary N) is 1. The Morgan fingerprint density at radius 2 is 2.22 bits per heavy atom. The largest absolute Gasteiger partial charge is 0.311 e. The molecule has 1 nitrogen and oxygen atoms in total. The highest BCUT2D eigenvalue weighted by Crippen LogP contribution is 2.32. The van der Waals surface area contributed by atoms with Gasteiger partial charge in [-0.15, -0.1) is 0 Å². The van der Waals surface area contributed by atoms with E-state index in [1.807, 2.05) is 0 Å². The van der Waals surface area contributed by atoms with Crippen LogP contribution < -0.4 is 5.32 Å². The molecule has 1 atom stereocenters. The van der Waals surface area contributed by atoms with E-state index >= 15 is 0 Å². The molecule has 1 aliphatic rings. The van der Waals surface area contributed by atoms with Crippen molar-refractivity contribution in [3.8, 4) is 0 Å². The van der Waals surface area contributed by atoms with Gasteiger partial charge in [0, 0.05) is 10.0 Å². The van der Waals surface area contributed by atoms with Crippen LogP contribution in [0.25, 0.3) is 0 Å². The Labute approximate surface area is 123 Å². The molecule has 0 bridgehead atoms. The zero-order valence-corrected chi connectivity index (χ0v) is 13.4. The van der Waals surface area contributed by atoms with Crippen LogP contribution in [0.15, 0.2) is 22.7 Å². The van der Waals surface area contributed by atoms with Crippen LogP contribution in [0.1, 0.15) is 38.7 Å². The van der Waals surface area contributed by atoms with Gasteiger partial charge in [0.2, 0.25) is 0 Å². The molecule has 1 heterocycles. The van der Waals surface area contributed by atoms with E-state index in [4.69, 9.17) is 11.6 Å². The molecule has 0 saturated carbocycles. The van der Waals surface area contributed by atoms with Crippen LogP contribution in [0, 0.1) is 5.92 Å². The van der Waals surface area contributed by atoms with Gasteiger partial charge in [0.1, 0.15) is 0 Å². The second kappa shape index (κ2) is 5.94. The van der Waals surface area contributed by atoms with E-state index in [0.29, 0.717) is 0 Å². The summed E-state index contributed by atoms with van der Waals surface area (Å²) >= 11 is 9.63. The first-order valence-electron chi connectivity index (χ1n) is 6.70. The van der Waals surface area contributed by atoms with Gasteiger partial charge in [0.05, 0.1) is 5.02 Å². The third-order valence-corrected chi connectivity index (χ3v) is 4.89. The molecule has 100 valence electrons. The molecule has 1 fully saturated rings. The summed E-state index contributed by atoms with van der Waals surface area (Å²) in [6, 6.07) is 6.32. The molecule has 1 aromatic rings. The predicted octanol–water partition coefficient (Wildman–Crippen LogP) is 4.81. The van der Waals surface area contributed by atoms with Gasteiger partial charge in [-0.1, -0.05) is 31.5 Å². The van der Waals surface area contributed by atoms with Crippen LogP contribution >= 0.6 is 27.5 Å². The molecule has 1 aromatic carbocycles. The van der Waals surface area contributed by atoms with Crippen molar-refractivity contribution in [2.45, 2.75) is 45.1 Å². The van der Waals surface area contributed by atoms with E-state index in [9.17, 15) is 0 Å². The molecule has 1 N–H and O–H groups in total. The normalized spacial score (nSPS) is 23.8. The van der Waals surface area contributed by atoms with E-state index in [2.05, 4.69) is 53.3 Å². The maximum Gasteiger partial charge on any atom is 0.0550 e. The first-order chi connectivity index (χ1) is 8.51. The number of hydrogen-bond donors (Lipinski definition) is 1. The smallest absolute Gasteiger partial charge is 0.0550 e. The third kappa shape index (κ3) is 3.49. The summed E-state index contributed by atoms with van der Waals surface area (Å²) in [6.07, 6.45) is 4.88. The number of rotatable bonds is 4. The summed E-state index contributed by atoms with van der Waals surface area (Å²) in [5.41, 5.74) is 1.61. The lowest BCUT2D eigenvalue weighted by molar-refractivity contribution is 0.301. The van der Waals surface area contributed by atoms with Crippen LogP contribution in [0.3, 0.4) is 0 Å². The van der Waals surface area contributed by atoms with Crippen molar-refractivity contribution < 1.29 is 0 Å². The average molecular weight is 331 g/mol. The van der Waals surface area contributed by atoms with Crippen LogP contribution in [0.2, 0.25) is 5.02 Å². The van der Waals surface area contributed by atoms with Gasteiger partial charge in [-0.2, -0.15) is 0 Å². The summed E-state index contributed by atoms with van der Waals surface area (Å²) in [4.78, 5) is 0. The summed E-state index contributed by atoms with van der Waals surface area (Å²) in [6.45, 7) is 5.75. The number of benzene rings is 1. The highest BCUT2D eigenvalue weighted by Gasteiger charge is 2.33. The molecule has 0 amide bonds. The topological polar surface area (TPSA) is 12.0 Å². The molecule has 0 aromatic heterocycles. The first kappa shape index (κ1) is 14.4. The van der Waals surface area contributed by atoms with Crippen molar-refractivity contribution in [1.29, 1.82) is 0 Å². The van der Waals surface area contributed by atoms with Crippen molar-refractivity contribution in [2.24, 2.45) is 5.92 Å². The van der Waals surface area contributed by atoms with Gasteiger partial charge >= 0.3 is 0 Å². The molecule has 18 heavy (non-hydrogen) atoms. The zero-order valence-electron chi connectivity index (χ0n) is 11.1. The standard InChI is InChI=1S/C15H21BrClN/c1-11(2)9-15(6-3-7-18-15)10-12-4-5-13(16)14(17)8-12/h4-5,8,11,18H,3,6-7,9-10H2,1-2H3. The van der Waals surface area contributed by atoms with Gasteiger partial charge in [0.25, 0.3) is 0 Å². The van der Waals surface area contributed by atoms with Crippen molar-refractivity contribution in [3.63, 3.8) is 0 Å². The molecule has 0 spiro atoms. The second-order valence-electron chi connectivity index (χ2n) is 5.83. The van der Waals surface area contributed by atoms with E-state index in [-0.39, 0.29) is 5.54 Å². The minimum Gasteiger partial charge on any atom is -0.311 e. The third-order valence-electron chi connectivity index (χ3n) is 3.66. The summed E-state index contributed by atoms with van der Waals surface area (Å²) in [5.74, 6) is 0.724. The lowest BCUT2D eigenvalue weighted by Gasteiger charge is -2.32. The minimum atomic E-state index is 0.283. The minimum absolute atomic E-state index is 0.283. The Morgan fingerprint density at radius 3 is 2.78 bits per heavy atom. The lowest BCUT2D eigenvalue weighted by Crippen LogP contribution is -2.43. The van der Waals surface area contributed by atoms with Crippen LogP contribution in [0.5, 0.6) is 0 Å². The van der Waals surface area contributed by atoms with Crippen LogP contribution in [0.4, 0.5) is 0 Å². The van der Waals surface area contributed by atoms with Crippen molar-refractivity contribution in [3.05, 3.63) is 33.3 Å². The number of hydrogen-bond acceptors (Lipinski definition) is 1. The molecular formula is C15H21BrClN. The predicted molar refractivity (Wildman–Crippen MR) is 82.3 cm³/mol. The summed E-state index contributed by atoms with van der Waals surface area (Å²) in [5, 5.41) is 4.54.